The van der Waals surface area contributed by atoms with Crippen molar-refractivity contribution in [3.63, 3.8) is 0 Å². The van der Waals surface area contributed by atoms with E-state index < -0.39 is 0 Å². The Morgan fingerprint density at radius 1 is 0.281 bits per heavy atom. The zero-order valence-corrected chi connectivity index (χ0v) is 30.6. The smallest absolute Gasteiger partial charge is 0.164 e. The third-order valence-corrected chi connectivity index (χ3v) is 11.4. The summed E-state index contributed by atoms with van der Waals surface area (Å²) in [7, 11) is 0. The van der Waals surface area contributed by atoms with Crippen LogP contribution in [0.5, 0.6) is 0 Å². The van der Waals surface area contributed by atoms with Crippen LogP contribution in [0, 0.1) is 0 Å². The summed E-state index contributed by atoms with van der Waals surface area (Å²) in [5.74, 6) is 1.83. The van der Waals surface area contributed by atoms with Crippen LogP contribution in [0.3, 0.4) is 0 Å². The maximum absolute atomic E-state index is 6.95. The summed E-state index contributed by atoms with van der Waals surface area (Å²) in [6.07, 6.45) is 0. The molecular weight excluding hydrogens is 695 g/mol. The Balaban J connectivity index is 1.05. The number of nitrogens with zero attached hydrogens (tertiary/aromatic N) is 3. The van der Waals surface area contributed by atoms with Crippen molar-refractivity contribution in [3.8, 4) is 45.3 Å². The van der Waals surface area contributed by atoms with E-state index in [1.54, 1.807) is 0 Å². The average molecular weight is 726 g/mol. The standard InChI is InChI=1S/C53H31N3O/c1-3-12-35-27-40(21-17-32(35)9-1)51-54-52(41-22-18-33-10-2-4-13-36(33)28-41)56-53(55-51)42-24-26-46-47-30-37-14-6-8-16-45(37)49(50(47)57-48(46)31-42)39-23-25-44-38(29-39)20-19-34-11-5-7-15-43(34)44/h1-31H. The number of rotatable bonds is 4. The van der Waals surface area contributed by atoms with E-state index in [9.17, 15) is 0 Å². The van der Waals surface area contributed by atoms with Gasteiger partial charge in [-0.15, -0.1) is 0 Å². The Kier molecular flexibility index (Phi) is 6.89. The quantitative estimate of drug-likeness (QED) is 0.170. The summed E-state index contributed by atoms with van der Waals surface area (Å²) < 4.78 is 6.95. The number of hydrogen-bond acceptors (Lipinski definition) is 4. The molecule has 0 bridgehead atoms. The lowest BCUT2D eigenvalue weighted by atomic mass is 9.92. The first-order chi connectivity index (χ1) is 28.2. The average Bonchev–Trinajstić information content (AvgIpc) is 3.64. The highest BCUT2D eigenvalue weighted by Gasteiger charge is 2.19. The molecule has 12 rings (SSSR count). The zero-order valence-electron chi connectivity index (χ0n) is 30.6. The number of hydrogen-bond donors (Lipinski definition) is 0. The van der Waals surface area contributed by atoms with Crippen molar-refractivity contribution in [1.82, 2.24) is 15.0 Å². The van der Waals surface area contributed by atoms with Gasteiger partial charge in [0, 0.05) is 33.0 Å². The van der Waals surface area contributed by atoms with Gasteiger partial charge in [-0.3, -0.25) is 0 Å². The molecule has 0 N–H and O–H groups in total. The fraction of sp³-hybridized carbons (Fsp3) is 0. The molecule has 0 spiro atoms. The van der Waals surface area contributed by atoms with Crippen LogP contribution in [0.25, 0.3) is 121 Å². The Morgan fingerprint density at radius 2 is 0.719 bits per heavy atom. The van der Waals surface area contributed by atoms with Gasteiger partial charge in [0.1, 0.15) is 11.2 Å². The number of fused-ring (bicyclic) bond motifs is 9. The van der Waals surface area contributed by atoms with Crippen molar-refractivity contribution in [2.75, 3.05) is 0 Å². The van der Waals surface area contributed by atoms with Gasteiger partial charge >= 0.3 is 0 Å². The van der Waals surface area contributed by atoms with E-state index in [1.807, 2.05) is 0 Å². The second-order valence-corrected chi connectivity index (χ2v) is 14.8. The van der Waals surface area contributed by atoms with Gasteiger partial charge in [0.05, 0.1) is 0 Å². The Morgan fingerprint density at radius 3 is 1.40 bits per heavy atom. The van der Waals surface area contributed by atoms with Crippen LogP contribution >= 0.6 is 0 Å². The second-order valence-electron chi connectivity index (χ2n) is 14.8. The van der Waals surface area contributed by atoms with Crippen LogP contribution in [0.1, 0.15) is 0 Å². The molecule has 0 aliphatic rings. The number of benzene rings is 10. The van der Waals surface area contributed by atoms with Gasteiger partial charge in [-0.1, -0.05) is 152 Å². The van der Waals surface area contributed by atoms with Crippen LogP contribution in [-0.4, -0.2) is 15.0 Å². The van der Waals surface area contributed by atoms with E-state index in [-0.39, 0.29) is 0 Å². The molecule has 12 aromatic rings. The lowest BCUT2D eigenvalue weighted by Crippen LogP contribution is -2.00. The molecule has 2 aromatic heterocycles. The van der Waals surface area contributed by atoms with Crippen molar-refractivity contribution in [2.24, 2.45) is 0 Å². The molecule has 10 aromatic carbocycles. The normalized spacial score (nSPS) is 11.9. The van der Waals surface area contributed by atoms with E-state index >= 15 is 0 Å². The predicted molar refractivity (Wildman–Crippen MR) is 236 cm³/mol. The fourth-order valence-corrected chi connectivity index (χ4v) is 8.59. The van der Waals surface area contributed by atoms with Gasteiger partial charge in [0.25, 0.3) is 0 Å². The minimum Gasteiger partial charge on any atom is -0.455 e. The van der Waals surface area contributed by atoms with Crippen molar-refractivity contribution in [3.05, 3.63) is 188 Å². The number of aromatic nitrogens is 3. The van der Waals surface area contributed by atoms with Gasteiger partial charge in [-0.05, 0) is 95.8 Å². The summed E-state index contributed by atoms with van der Waals surface area (Å²) in [4.78, 5) is 15.3. The maximum Gasteiger partial charge on any atom is 0.164 e. The molecule has 0 aliphatic heterocycles. The van der Waals surface area contributed by atoms with Gasteiger partial charge in [-0.2, -0.15) is 0 Å². The molecule has 0 fully saturated rings. The largest absolute Gasteiger partial charge is 0.455 e. The Hall–Kier alpha value is -7.69. The van der Waals surface area contributed by atoms with Gasteiger partial charge in [-0.25, -0.2) is 15.0 Å². The topological polar surface area (TPSA) is 51.8 Å². The molecule has 2 heterocycles. The SMILES string of the molecule is c1ccc2cc(-c3nc(-c4ccc5ccccc5c4)nc(-c4ccc5c(c4)oc4c(-c6ccc7c(ccc8ccccc87)c6)c6ccccc6cc45)n3)ccc2c1. The van der Waals surface area contributed by atoms with Crippen molar-refractivity contribution in [1.29, 1.82) is 0 Å². The first-order valence-electron chi connectivity index (χ1n) is 19.2. The fourth-order valence-electron chi connectivity index (χ4n) is 8.59. The highest BCUT2D eigenvalue weighted by Crippen LogP contribution is 2.43. The van der Waals surface area contributed by atoms with Gasteiger partial charge in [0.15, 0.2) is 17.5 Å². The van der Waals surface area contributed by atoms with Crippen LogP contribution < -0.4 is 0 Å². The summed E-state index contributed by atoms with van der Waals surface area (Å²) >= 11 is 0. The van der Waals surface area contributed by atoms with E-state index in [2.05, 4.69) is 188 Å². The molecule has 0 saturated heterocycles. The van der Waals surface area contributed by atoms with E-state index in [1.165, 1.54) is 37.7 Å². The zero-order chi connectivity index (χ0) is 37.5. The molecule has 57 heavy (non-hydrogen) atoms. The monoisotopic (exact) mass is 725 g/mol. The third-order valence-electron chi connectivity index (χ3n) is 11.4. The van der Waals surface area contributed by atoms with E-state index in [0.29, 0.717) is 17.5 Å². The van der Waals surface area contributed by atoms with Crippen molar-refractivity contribution >= 4 is 75.8 Å². The summed E-state index contributed by atoms with van der Waals surface area (Å²) in [5.41, 5.74) is 6.59. The molecule has 0 amide bonds. The molecule has 264 valence electrons. The van der Waals surface area contributed by atoms with Crippen LogP contribution in [0.2, 0.25) is 0 Å². The third kappa shape index (κ3) is 5.19. The first kappa shape index (κ1) is 31.6. The maximum atomic E-state index is 6.95. The van der Waals surface area contributed by atoms with E-state index in [0.717, 1.165) is 65.9 Å². The summed E-state index contributed by atoms with van der Waals surface area (Å²) in [6.45, 7) is 0. The first-order valence-corrected chi connectivity index (χ1v) is 19.2. The van der Waals surface area contributed by atoms with Crippen LogP contribution in [-0.2, 0) is 0 Å². The minimum absolute atomic E-state index is 0.589. The summed E-state index contributed by atoms with van der Waals surface area (Å²) in [5, 5.41) is 14.0. The second kappa shape index (κ2) is 12.4. The summed E-state index contributed by atoms with van der Waals surface area (Å²) in [6, 6.07) is 66.5. The number of furan rings is 1. The molecule has 0 unspecified atom stereocenters. The van der Waals surface area contributed by atoms with Crippen molar-refractivity contribution in [2.45, 2.75) is 0 Å². The lowest BCUT2D eigenvalue weighted by molar-refractivity contribution is 0.670. The Labute approximate surface area is 327 Å². The highest BCUT2D eigenvalue weighted by atomic mass is 16.3. The van der Waals surface area contributed by atoms with E-state index in [4.69, 9.17) is 19.4 Å². The minimum atomic E-state index is 0.589. The Bertz CT molecular complexity index is 3500. The molecular formula is C53H31N3O. The molecule has 0 atom stereocenters. The molecule has 0 saturated carbocycles. The molecule has 4 nitrogen and oxygen atoms in total. The predicted octanol–water partition coefficient (Wildman–Crippen LogP) is 14.2. The van der Waals surface area contributed by atoms with Crippen LogP contribution in [0.4, 0.5) is 0 Å². The molecule has 0 radical (unpaired) electrons. The van der Waals surface area contributed by atoms with Crippen molar-refractivity contribution < 1.29 is 4.42 Å². The lowest BCUT2D eigenvalue weighted by Gasteiger charge is -2.11. The van der Waals surface area contributed by atoms with Gasteiger partial charge in [0.2, 0.25) is 0 Å². The molecule has 4 heteroatoms. The van der Waals surface area contributed by atoms with Crippen LogP contribution in [0.15, 0.2) is 192 Å². The highest BCUT2D eigenvalue weighted by molar-refractivity contribution is 6.19. The molecule has 0 aliphatic carbocycles. The van der Waals surface area contributed by atoms with Gasteiger partial charge < -0.3 is 4.42 Å².